The van der Waals surface area contributed by atoms with Crippen LogP contribution in [0, 0.1) is 0 Å². The van der Waals surface area contributed by atoms with E-state index >= 15 is 0 Å². The first kappa shape index (κ1) is 16.5. The highest BCUT2D eigenvalue weighted by Crippen LogP contribution is 2.20. The Hall–Kier alpha value is -2.35. The minimum absolute atomic E-state index is 0.387. The second-order valence-corrected chi connectivity index (χ2v) is 6.38. The summed E-state index contributed by atoms with van der Waals surface area (Å²) in [5, 5.41) is 3.37. The van der Waals surface area contributed by atoms with Crippen molar-refractivity contribution in [2.75, 3.05) is 31.1 Å². The molecule has 2 N–H and O–H groups in total. The van der Waals surface area contributed by atoms with Crippen LogP contribution in [0.5, 0.6) is 0 Å². The van der Waals surface area contributed by atoms with Crippen molar-refractivity contribution in [3.05, 3.63) is 32.5 Å². The second-order valence-electron chi connectivity index (χ2n) is 6.38. The Morgan fingerprint density at radius 2 is 2.04 bits per heavy atom. The normalized spacial score (nSPS) is 15.5. The number of hydrogen-bond acceptors (Lipinski definition) is 5. The maximum absolute atomic E-state index is 12.4. The zero-order valence-corrected chi connectivity index (χ0v) is 14.4. The van der Waals surface area contributed by atoms with E-state index in [1.807, 2.05) is 18.4 Å². The lowest BCUT2D eigenvalue weighted by molar-refractivity contribution is 0.722. The molecule has 3 rings (SSSR count). The van der Waals surface area contributed by atoms with E-state index in [0.29, 0.717) is 17.7 Å². The summed E-state index contributed by atoms with van der Waals surface area (Å²) in [4.78, 5) is 33.5. The summed E-state index contributed by atoms with van der Waals surface area (Å²) in [5.74, 6) is 0.748. The van der Waals surface area contributed by atoms with Crippen molar-refractivity contribution >= 4 is 17.1 Å². The molecule has 0 amide bonds. The van der Waals surface area contributed by atoms with Gasteiger partial charge in [-0.25, -0.2) is 4.79 Å². The molecule has 0 saturated carbocycles. The van der Waals surface area contributed by atoms with Crippen molar-refractivity contribution in [3.8, 4) is 0 Å². The van der Waals surface area contributed by atoms with Crippen LogP contribution in [0.25, 0.3) is 11.2 Å². The van der Waals surface area contributed by atoms with Crippen LogP contribution in [0.15, 0.2) is 21.2 Å². The standard InChI is InChI=1S/C16H24N6O2/c1-11(2)5-9-22-12-13(20(3)16(24)19-14(12)23)18-15(22)21-8-4-6-17-7-10-21/h5,17H,4,6-10H2,1-3H3,(H,19,23,24). The van der Waals surface area contributed by atoms with Gasteiger partial charge < -0.3 is 14.8 Å². The van der Waals surface area contributed by atoms with Crippen LogP contribution in [0.1, 0.15) is 20.3 Å². The lowest BCUT2D eigenvalue weighted by Crippen LogP contribution is -2.31. The number of allylic oxidation sites excluding steroid dienone is 2. The summed E-state index contributed by atoms with van der Waals surface area (Å²) in [7, 11) is 1.63. The summed E-state index contributed by atoms with van der Waals surface area (Å²) in [6.07, 6.45) is 3.08. The molecule has 24 heavy (non-hydrogen) atoms. The first-order valence-electron chi connectivity index (χ1n) is 8.27. The van der Waals surface area contributed by atoms with Gasteiger partial charge in [0.1, 0.15) is 0 Å². The first-order valence-corrected chi connectivity index (χ1v) is 8.27. The number of fused-ring (bicyclic) bond motifs is 1. The summed E-state index contributed by atoms with van der Waals surface area (Å²) in [6, 6.07) is 0. The number of nitrogens with zero attached hydrogens (tertiary/aromatic N) is 4. The molecule has 1 aliphatic rings. The average molecular weight is 332 g/mol. The number of hydrogen-bond donors (Lipinski definition) is 2. The van der Waals surface area contributed by atoms with E-state index < -0.39 is 5.69 Å². The van der Waals surface area contributed by atoms with E-state index in [0.717, 1.165) is 38.5 Å². The number of nitrogens with one attached hydrogen (secondary N) is 2. The van der Waals surface area contributed by atoms with E-state index in [9.17, 15) is 9.59 Å². The highest BCUT2D eigenvalue weighted by atomic mass is 16.2. The van der Waals surface area contributed by atoms with Gasteiger partial charge in [0, 0.05) is 33.2 Å². The molecule has 1 aliphatic heterocycles. The van der Waals surface area contributed by atoms with Gasteiger partial charge in [-0.05, 0) is 26.8 Å². The van der Waals surface area contributed by atoms with Crippen LogP contribution >= 0.6 is 0 Å². The van der Waals surface area contributed by atoms with Gasteiger partial charge in [-0.3, -0.25) is 14.3 Å². The van der Waals surface area contributed by atoms with E-state index in [1.165, 1.54) is 10.1 Å². The maximum atomic E-state index is 12.4. The molecule has 8 nitrogen and oxygen atoms in total. The molecule has 0 bridgehead atoms. The Morgan fingerprint density at radius 3 is 2.79 bits per heavy atom. The second kappa shape index (κ2) is 6.64. The number of H-pyrrole nitrogens is 1. The smallest absolute Gasteiger partial charge is 0.329 e. The quantitative estimate of drug-likeness (QED) is 0.784. The average Bonchev–Trinajstić information content (AvgIpc) is 2.71. The van der Waals surface area contributed by atoms with Gasteiger partial charge in [-0.15, -0.1) is 0 Å². The molecule has 0 spiro atoms. The van der Waals surface area contributed by atoms with Crippen molar-refractivity contribution in [3.63, 3.8) is 0 Å². The van der Waals surface area contributed by atoms with Crippen molar-refractivity contribution in [2.24, 2.45) is 7.05 Å². The Kier molecular flexibility index (Phi) is 4.57. The third kappa shape index (κ3) is 3.01. The molecular formula is C16H24N6O2. The molecule has 1 saturated heterocycles. The van der Waals surface area contributed by atoms with Crippen LogP contribution in [0.4, 0.5) is 5.95 Å². The van der Waals surface area contributed by atoms with Crippen LogP contribution < -0.4 is 21.5 Å². The fourth-order valence-electron chi connectivity index (χ4n) is 2.96. The molecule has 2 aromatic heterocycles. The first-order chi connectivity index (χ1) is 11.5. The Labute approximate surface area is 139 Å². The molecule has 0 radical (unpaired) electrons. The molecule has 3 heterocycles. The predicted octanol–water partition coefficient (Wildman–Crippen LogP) is 0.189. The predicted molar refractivity (Wildman–Crippen MR) is 94.7 cm³/mol. The Balaban J connectivity index is 2.22. The molecule has 0 aliphatic carbocycles. The summed E-state index contributed by atoms with van der Waals surface area (Å²) in [5.41, 5.74) is 1.21. The molecule has 0 unspecified atom stereocenters. The van der Waals surface area contributed by atoms with Crippen LogP contribution in [0.3, 0.4) is 0 Å². The Bertz CT molecular complexity index is 876. The summed E-state index contributed by atoms with van der Waals surface area (Å²) in [6.45, 7) is 8.15. The largest absolute Gasteiger partial charge is 0.341 e. The summed E-state index contributed by atoms with van der Waals surface area (Å²) < 4.78 is 3.31. The van der Waals surface area contributed by atoms with Crippen molar-refractivity contribution < 1.29 is 0 Å². The number of aromatic amines is 1. The fraction of sp³-hybridized carbons (Fsp3) is 0.562. The highest BCUT2D eigenvalue weighted by Gasteiger charge is 2.21. The molecule has 0 atom stereocenters. The summed E-state index contributed by atoms with van der Waals surface area (Å²) >= 11 is 0. The maximum Gasteiger partial charge on any atom is 0.329 e. The minimum atomic E-state index is -0.441. The third-order valence-corrected chi connectivity index (χ3v) is 4.29. The van der Waals surface area contributed by atoms with Gasteiger partial charge in [0.05, 0.1) is 0 Å². The number of anilines is 1. The van der Waals surface area contributed by atoms with Gasteiger partial charge in [0.15, 0.2) is 11.2 Å². The van der Waals surface area contributed by atoms with Gasteiger partial charge in [-0.2, -0.15) is 4.98 Å². The van der Waals surface area contributed by atoms with E-state index in [-0.39, 0.29) is 5.56 Å². The number of aromatic nitrogens is 4. The van der Waals surface area contributed by atoms with Crippen molar-refractivity contribution in [1.82, 2.24) is 24.4 Å². The van der Waals surface area contributed by atoms with Crippen LogP contribution in [-0.4, -0.2) is 45.3 Å². The monoisotopic (exact) mass is 332 g/mol. The van der Waals surface area contributed by atoms with Crippen molar-refractivity contribution in [2.45, 2.75) is 26.8 Å². The molecule has 8 heteroatoms. The van der Waals surface area contributed by atoms with Gasteiger partial charge in [-0.1, -0.05) is 11.6 Å². The SMILES string of the molecule is CC(C)=CCn1c(N2CCCNCC2)nc2c1c(=O)[nH]c(=O)n2C. The van der Waals surface area contributed by atoms with Gasteiger partial charge >= 0.3 is 5.69 Å². The van der Waals surface area contributed by atoms with E-state index in [2.05, 4.69) is 26.3 Å². The molecule has 0 aromatic carbocycles. The van der Waals surface area contributed by atoms with Gasteiger partial charge in [0.2, 0.25) is 5.95 Å². The van der Waals surface area contributed by atoms with Crippen LogP contribution in [0.2, 0.25) is 0 Å². The third-order valence-electron chi connectivity index (χ3n) is 4.29. The zero-order valence-electron chi connectivity index (χ0n) is 14.4. The topological polar surface area (TPSA) is 88.0 Å². The number of rotatable bonds is 3. The molecule has 130 valence electrons. The number of aryl methyl sites for hydroxylation is 1. The highest BCUT2D eigenvalue weighted by molar-refractivity contribution is 5.74. The van der Waals surface area contributed by atoms with Crippen molar-refractivity contribution in [1.29, 1.82) is 0 Å². The molecule has 2 aromatic rings. The van der Waals surface area contributed by atoms with E-state index in [1.54, 1.807) is 7.05 Å². The van der Waals surface area contributed by atoms with E-state index in [4.69, 9.17) is 0 Å². The molecular weight excluding hydrogens is 308 g/mol. The van der Waals surface area contributed by atoms with Gasteiger partial charge in [0.25, 0.3) is 5.56 Å². The van der Waals surface area contributed by atoms with Crippen LogP contribution in [-0.2, 0) is 13.6 Å². The number of imidazole rings is 1. The molecule has 1 fully saturated rings. The Morgan fingerprint density at radius 1 is 1.25 bits per heavy atom. The fourth-order valence-corrected chi connectivity index (χ4v) is 2.96. The lowest BCUT2D eigenvalue weighted by Gasteiger charge is -2.21. The lowest BCUT2D eigenvalue weighted by atomic mass is 10.3. The minimum Gasteiger partial charge on any atom is -0.341 e. The zero-order chi connectivity index (χ0) is 17.3.